The first-order valence-corrected chi connectivity index (χ1v) is 8.34. The second kappa shape index (κ2) is 5.64. The SMILES string of the molecule is Oc1cc(Cl)ccc1-c1nc(C2CSCCS2)no1. The third-order valence-electron chi connectivity index (χ3n) is 2.74. The van der Waals surface area contributed by atoms with Crippen molar-refractivity contribution in [1.82, 2.24) is 10.1 Å². The highest BCUT2D eigenvalue weighted by molar-refractivity contribution is 8.06. The number of rotatable bonds is 2. The molecule has 4 nitrogen and oxygen atoms in total. The lowest BCUT2D eigenvalue weighted by molar-refractivity contribution is 0.418. The molecule has 1 unspecified atom stereocenters. The Bertz CT molecular complexity index is 585. The molecule has 1 atom stereocenters. The molecule has 0 amide bonds. The number of hydrogen-bond donors (Lipinski definition) is 1. The fourth-order valence-corrected chi connectivity index (χ4v) is 4.55. The molecule has 2 heterocycles. The van der Waals surface area contributed by atoms with Crippen LogP contribution in [-0.4, -0.2) is 32.5 Å². The zero-order chi connectivity index (χ0) is 13.2. The van der Waals surface area contributed by atoms with Crippen molar-refractivity contribution in [2.45, 2.75) is 5.25 Å². The van der Waals surface area contributed by atoms with Gasteiger partial charge in [-0.2, -0.15) is 16.7 Å². The number of halogens is 1. The van der Waals surface area contributed by atoms with Gasteiger partial charge in [-0.15, -0.1) is 11.8 Å². The Morgan fingerprint density at radius 3 is 3.00 bits per heavy atom. The van der Waals surface area contributed by atoms with E-state index in [0.717, 1.165) is 11.5 Å². The second-order valence-electron chi connectivity index (χ2n) is 4.05. The fraction of sp³-hybridized carbons (Fsp3) is 0.333. The summed E-state index contributed by atoms with van der Waals surface area (Å²) in [6, 6.07) is 4.83. The maximum atomic E-state index is 9.84. The molecule has 0 aliphatic carbocycles. The van der Waals surface area contributed by atoms with Gasteiger partial charge in [0.05, 0.1) is 10.8 Å². The van der Waals surface area contributed by atoms with Crippen LogP contribution in [0.1, 0.15) is 11.1 Å². The number of hydrogen-bond acceptors (Lipinski definition) is 6. The number of phenols is 1. The monoisotopic (exact) mass is 314 g/mol. The predicted octanol–water partition coefficient (Wildman–Crippen LogP) is 3.62. The summed E-state index contributed by atoms with van der Waals surface area (Å²) < 4.78 is 5.24. The van der Waals surface area contributed by atoms with Crippen LogP contribution in [-0.2, 0) is 0 Å². The van der Waals surface area contributed by atoms with Gasteiger partial charge in [0.25, 0.3) is 5.89 Å². The Morgan fingerprint density at radius 1 is 1.37 bits per heavy atom. The smallest absolute Gasteiger partial charge is 0.261 e. The van der Waals surface area contributed by atoms with Gasteiger partial charge in [-0.05, 0) is 18.2 Å². The zero-order valence-electron chi connectivity index (χ0n) is 9.88. The highest BCUT2D eigenvalue weighted by Gasteiger charge is 2.23. The fourth-order valence-electron chi connectivity index (χ4n) is 1.80. The van der Waals surface area contributed by atoms with Gasteiger partial charge in [-0.3, -0.25) is 0 Å². The van der Waals surface area contributed by atoms with E-state index >= 15 is 0 Å². The van der Waals surface area contributed by atoms with E-state index in [0.29, 0.717) is 22.3 Å². The van der Waals surface area contributed by atoms with Crippen LogP contribution in [0.4, 0.5) is 0 Å². The van der Waals surface area contributed by atoms with Crippen molar-refractivity contribution in [3.05, 3.63) is 29.0 Å². The molecule has 1 aromatic heterocycles. The van der Waals surface area contributed by atoms with Crippen LogP contribution in [0.5, 0.6) is 5.75 Å². The topological polar surface area (TPSA) is 59.2 Å². The van der Waals surface area contributed by atoms with Crippen LogP contribution in [0.2, 0.25) is 5.02 Å². The van der Waals surface area contributed by atoms with Gasteiger partial charge in [0.1, 0.15) is 5.75 Å². The van der Waals surface area contributed by atoms with Gasteiger partial charge in [0.2, 0.25) is 0 Å². The van der Waals surface area contributed by atoms with Crippen molar-refractivity contribution in [2.75, 3.05) is 17.3 Å². The quantitative estimate of drug-likeness (QED) is 0.913. The standard InChI is InChI=1S/C12H11ClN2O2S2/c13-7-1-2-8(9(16)5-7)12-14-11(15-17-12)10-6-18-3-4-19-10/h1-2,5,10,16H,3-4,6H2. The molecule has 1 aliphatic rings. The molecule has 1 aromatic carbocycles. The normalized spacial score (nSPS) is 19.5. The molecule has 3 rings (SSSR count). The minimum Gasteiger partial charge on any atom is -0.507 e. The second-order valence-corrected chi connectivity index (χ2v) is 6.95. The number of aromatic hydroxyl groups is 1. The average Bonchev–Trinajstić information content (AvgIpc) is 2.89. The van der Waals surface area contributed by atoms with Gasteiger partial charge in [0, 0.05) is 22.3 Å². The van der Waals surface area contributed by atoms with E-state index in [4.69, 9.17) is 16.1 Å². The first-order chi connectivity index (χ1) is 9.24. The Hall–Kier alpha value is -0.850. The lowest BCUT2D eigenvalue weighted by Crippen LogP contribution is -2.07. The van der Waals surface area contributed by atoms with Gasteiger partial charge >= 0.3 is 0 Å². The van der Waals surface area contributed by atoms with Gasteiger partial charge in [-0.1, -0.05) is 16.8 Å². The van der Waals surface area contributed by atoms with E-state index in [-0.39, 0.29) is 11.0 Å². The highest BCUT2D eigenvalue weighted by atomic mass is 35.5. The largest absolute Gasteiger partial charge is 0.507 e. The van der Waals surface area contributed by atoms with Gasteiger partial charge in [0.15, 0.2) is 5.82 Å². The summed E-state index contributed by atoms with van der Waals surface area (Å²) in [6.07, 6.45) is 0. The maximum Gasteiger partial charge on any atom is 0.261 e. The van der Waals surface area contributed by atoms with Gasteiger partial charge in [-0.25, -0.2) is 0 Å². The van der Waals surface area contributed by atoms with E-state index in [2.05, 4.69) is 10.1 Å². The van der Waals surface area contributed by atoms with E-state index < -0.39 is 0 Å². The molecule has 0 bridgehead atoms. The molecule has 0 saturated carbocycles. The van der Waals surface area contributed by atoms with Crippen molar-refractivity contribution in [1.29, 1.82) is 0 Å². The lowest BCUT2D eigenvalue weighted by atomic mass is 10.2. The lowest BCUT2D eigenvalue weighted by Gasteiger charge is -2.16. The average molecular weight is 315 g/mol. The Morgan fingerprint density at radius 2 is 2.26 bits per heavy atom. The molecule has 100 valence electrons. The minimum atomic E-state index is 0.0494. The first-order valence-electron chi connectivity index (χ1n) is 5.76. The van der Waals surface area contributed by atoms with Crippen LogP contribution in [0.25, 0.3) is 11.5 Å². The molecule has 1 N–H and O–H groups in total. The van der Waals surface area contributed by atoms with Crippen LogP contribution < -0.4 is 0 Å². The summed E-state index contributed by atoms with van der Waals surface area (Å²) >= 11 is 9.54. The Balaban J connectivity index is 1.87. The molecule has 1 saturated heterocycles. The van der Waals surface area contributed by atoms with E-state index in [1.165, 1.54) is 11.8 Å². The zero-order valence-corrected chi connectivity index (χ0v) is 12.3. The summed E-state index contributed by atoms with van der Waals surface area (Å²) in [5.74, 6) is 4.35. The van der Waals surface area contributed by atoms with Crippen LogP contribution in [0.15, 0.2) is 22.7 Å². The summed E-state index contributed by atoms with van der Waals surface area (Å²) in [7, 11) is 0. The third-order valence-corrected chi connectivity index (χ3v) is 5.72. The molecule has 0 spiro atoms. The van der Waals surface area contributed by atoms with E-state index in [1.807, 2.05) is 23.5 Å². The molecule has 1 aliphatic heterocycles. The van der Waals surface area contributed by atoms with E-state index in [1.54, 1.807) is 12.1 Å². The summed E-state index contributed by atoms with van der Waals surface area (Å²) in [5, 5.41) is 14.6. The molecule has 7 heteroatoms. The molecule has 19 heavy (non-hydrogen) atoms. The summed E-state index contributed by atoms with van der Waals surface area (Å²) in [6.45, 7) is 0. The predicted molar refractivity (Wildman–Crippen MR) is 78.9 cm³/mol. The molecule has 1 fully saturated rings. The Labute approximate surface area is 123 Å². The summed E-state index contributed by atoms with van der Waals surface area (Å²) in [4.78, 5) is 4.38. The van der Waals surface area contributed by atoms with E-state index in [9.17, 15) is 5.11 Å². The number of phenolic OH excluding ortho intramolecular Hbond substituents is 1. The number of nitrogens with zero attached hydrogens (tertiary/aromatic N) is 2. The minimum absolute atomic E-state index is 0.0494. The molecular formula is C12H11ClN2O2S2. The third kappa shape index (κ3) is 2.85. The maximum absolute atomic E-state index is 9.84. The van der Waals surface area contributed by atoms with Crippen molar-refractivity contribution < 1.29 is 9.63 Å². The summed E-state index contributed by atoms with van der Waals surface area (Å²) in [5.41, 5.74) is 0.511. The number of aromatic nitrogens is 2. The van der Waals surface area contributed by atoms with Crippen LogP contribution in [0, 0.1) is 0 Å². The van der Waals surface area contributed by atoms with Crippen LogP contribution in [0.3, 0.4) is 0 Å². The molecular weight excluding hydrogens is 304 g/mol. The number of thioether (sulfide) groups is 2. The van der Waals surface area contributed by atoms with Gasteiger partial charge < -0.3 is 9.63 Å². The highest BCUT2D eigenvalue weighted by Crippen LogP contribution is 2.37. The van der Waals surface area contributed by atoms with Crippen LogP contribution >= 0.6 is 35.1 Å². The Kier molecular flexibility index (Phi) is 3.91. The van der Waals surface area contributed by atoms with Crippen molar-refractivity contribution in [3.63, 3.8) is 0 Å². The number of benzene rings is 1. The molecule has 2 aromatic rings. The van der Waals surface area contributed by atoms with Crippen molar-refractivity contribution in [3.8, 4) is 17.2 Å². The van der Waals surface area contributed by atoms with Crippen molar-refractivity contribution >= 4 is 35.1 Å². The van der Waals surface area contributed by atoms with Crippen molar-refractivity contribution in [2.24, 2.45) is 0 Å². The first kappa shape index (κ1) is 13.1. The molecule has 0 radical (unpaired) electrons.